The van der Waals surface area contributed by atoms with Crippen molar-refractivity contribution in [2.75, 3.05) is 19.7 Å². The highest BCUT2D eigenvalue weighted by Gasteiger charge is 2.35. The molecule has 0 aromatic rings. The predicted octanol–water partition coefficient (Wildman–Crippen LogP) is 0.835. The number of ether oxygens (including phenoxy) is 1. The van der Waals surface area contributed by atoms with Crippen molar-refractivity contribution in [2.24, 2.45) is 5.41 Å². The molecule has 0 bridgehead atoms. The number of nitrogens with zero attached hydrogens (tertiary/aromatic N) is 1. The van der Waals surface area contributed by atoms with Crippen LogP contribution in [-0.4, -0.2) is 42.5 Å². The van der Waals surface area contributed by atoms with Crippen LogP contribution in [0.25, 0.3) is 0 Å². The van der Waals surface area contributed by atoms with Crippen LogP contribution in [0.4, 0.5) is 0 Å². The fourth-order valence-electron chi connectivity index (χ4n) is 1.57. The van der Waals surface area contributed by atoms with E-state index in [9.17, 15) is 9.59 Å². The Kier molecular flexibility index (Phi) is 7.68. The van der Waals surface area contributed by atoms with E-state index in [4.69, 9.17) is 4.74 Å². The zero-order valence-corrected chi connectivity index (χ0v) is 13.0. The van der Waals surface area contributed by atoms with E-state index in [0.29, 0.717) is 13.2 Å². The van der Waals surface area contributed by atoms with Gasteiger partial charge in [0.1, 0.15) is 6.54 Å². The van der Waals surface area contributed by atoms with Crippen molar-refractivity contribution < 1.29 is 20.1 Å². The first-order valence-corrected chi connectivity index (χ1v) is 7.01. The van der Waals surface area contributed by atoms with Crippen molar-refractivity contribution in [1.29, 1.82) is 0 Å². The summed E-state index contributed by atoms with van der Waals surface area (Å²) in [7, 11) is 0. The maximum absolute atomic E-state index is 12.4. The predicted molar refractivity (Wildman–Crippen MR) is 74.3 cm³/mol. The molecular formula is C14H29N2O3+. The minimum atomic E-state index is -0.362. The Hall–Kier alpha value is -1.10. The maximum atomic E-state index is 12.4. The molecule has 0 rings (SSSR count). The Morgan fingerprint density at radius 3 is 2.26 bits per heavy atom. The molecule has 0 fully saturated rings. The minimum Gasteiger partial charge on any atom is -0.465 e. The van der Waals surface area contributed by atoms with Crippen LogP contribution >= 0.6 is 0 Å². The maximum Gasteiger partial charge on any atom is 0.325 e. The first-order chi connectivity index (χ1) is 8.73. The average molecular weight is 273 g/mol. The molecule has 5 heteroatoms. The molecule has 0 heterocycles. The van der Waals surface area contributed by atoms with E-state index < -0.39 is 0 Å². The van der Waals surface area contributed by atoms with Gasteiger partial charge in [0.2, 0.25) is 0 Å². The molecule has 0 saturated heterocycles. The standard InChI is InChI=1S/C14H28N2O3/c1-6-8-9-16(10-11(17)19-7-2)13(18)12(15)14(3,4)5/h12H,6-10,15H2,1-5H3/p+1/t12-/m1/s1. The zero-order valence-electron chi connectivity index (χ0n) is 13.0. The quantitative estimate of drug-likeness (QED) is 0.698. The van der Waals surface area contributed by atoms with Crippen molar-refractivity contribution in [1.82, 2.24) is 4.90 Å². The van der Waals surface area contributed by atoms with Gasteiger partial charge in [-0.3, -0.25) is 9.59 Å². The summed E-state index contributed by atoms with van der Waals surface area (Å²) in [5, 5.41) is 0. The summed E-state index contributed by atoms with van der Waals surface area (Å²) < 4.78 is 4.91. The van der Waals surface area contributed by atoms with Gasteiger partial charge in [-0.2, -0.15) is 0 Å². The fourth-order valence-corrected chi connectivity index (χ4v) is 1.57. The number of unbranched alkanes of at least 4 members (excludes halogenated alkanes) is 1. The molecule has 19 heavy (non-hydrogen) atoms. The molecule has 112 valence electrons. The average Bonchev–Trinajstić information content (AvgIpc) is 2.31. The summed E-state index contributed by atoms with van der Waals surface area (Å²) in [5.41, 5.74) is 3.74. The van der Waals surface area contributed by atoms with E-state index in [1.54, 1.807) is 11.8 Å². The van der Waals surface area contributed by atoms with Crippen LogP contribution in [0.1, 0.15) is 47.5 Å². The molecule has 0 aromatic heterocycles. The number of carbonyl (C=O) groups is 2. The Morgan fingerprint density at radius 1 is 1.26 bits per heavy atom. The molecule has 0 aliphatic heterocycles. The Balaban J connectivity index is 4.73. The molecule has 3 N–H and O–H groups in total. The minimum absolute atomic E-state index is 0.0226. The molecule has 0 aromatic carbocycles. The van der Waals surface area contributed by atoms with Crippen LogP contribution in [0.15, 0.2) is 0 Å². The highest BCUT2D eigenvalue weighted by Crippen LogP contribution is 2.18. The van der Waals surface area contributed by atoms with Gasteiger partial charge >= 0.3 is 5.97 Å². The van der Waals surface area contributed by atoms with Crippen LogP contribution < -0.4 is 5.73 Å². The Labute approximate surface area is 116 Å². The van der Waals surface area contributed by atoms with E-state index in [1.807, 2.05) is 20.8 Å². The first-order valence-electron chi connectivity index (χ1n) is 7.01. The number of esters is 1. The molecule has 1 atom stereocenters. The molecule has 0 unspecified atom stereocenters. The first kappa shape index (κ1) is 17.9. The van der Waals surface area contributed by atoms with Crippen LogP contribution in [0.3, 0.4) is 0 Å². The van der Waals surface area contributed by atoms with Gasteiger partial charge in [-0.05, 0) is 13.3 Å². The third kappa shape index (κ3) is 6.57. The summed E-state index contributed by atoms with van der Waals surface area (Å²) in [5.74, 6) is -0.429. The van der Waals surface area contributed by atoms with Crippen molar-refractivity contribution >= 4 is 11.9 Å². The molecule has 0 aliphatic rings. The Bertz CT molecular complexity index is 298. The lowest BCUT2D eigenvalue weighted by Crippen LogP contribution is -2.73. The molecule has 0 spiro atoms. The van der Waals surface area contributed by atoms with Crippen LogP contribution in [-0.2, 0) is 14.3 Å². The molecular weight excluding hydrogens is 244 g/mol. The second kappa shape index (κ2) is 8.15. The summed E-state index contributed by atoms with van der Waals surface area (Å²) in [6.07, 6.45) is 1.85. The molecule has 0 radical (unpaired) electrons. The van der Waals surface area contributed by atoms with Gasteiger partial charge in [0, 0.05) is 12.0 Å². The summed E-state index contributed by atoms with van der Waals surface area (Å²) in [6.45, 7) is 10.7. The third-order valence-electron chi connectivity index (χ3n) is 3.06. The lowest BCUT2D eigenvalue weighted by molar-refractivity contribution is -0.427. The number of amides is 1. The fraction of sp³-hybridized carbons (Fsp3) is 0.857. The number of carbonyl (C=O) groups excluding carboxylic acids is 2. The smallest absolute Gasteiger partial charge is 0.325 e. The topological polar surface area (TPSA) is 74.2 Å². The Morgan fingerprint density at radius 2 is 1.84 bits per heavy atom. The van der Waals surface area contributed by atoms with Crippen molar-refractivity contribution in [3.63, 3.8) is 0 Å². The van der Waals surface area contributed by atoms with Crippen molar-refractivity contribution in [3.8, 4) is 0 Å². The molecule has 0 saturated carbocycles. The van der Waals surface area contributed by atoms with Crippen LogP contribution in [0, 0.1) is 5.41 Å². The van der Waals surface area contributed by atoms with E-state index in [-0.39, 0.29) is 29.9 Å². The van der Waals surface area contributed by atoms with Crippen LogP contribution in [0.2, 0.25) is 0 Å². The van der Waals surface area contributed by atoms with Gasteiger partial charge in [-0.1, -0.05) is 34.1 Å². The normalized spacial score (nSPS) is 12.9. The van der Waals surface area contributed by atoms with Gasteiger partial charge in [0.25, 0.3) is 5.91 Å². The monoisotopic (exact) mass is 273 g/mol. The van der Waals surface area contributed by atoms with Gasteiger partial charge in [-0.25, -0.2) is 0 Å². The largest absolute Gasteiger partial charge is 0.465 e. The number of rotatable bonds is 7. The van der Waals surface area contributed by atoms with Gasteiger partial charge < -0.3 is 15.4 Å². The number of quaternary nitrogens is 1. The second-order valence-corrected chi connectivity index (χ2v) is 5.84. The van der Waals surface area contributed by atoms with Gasteiger partial charge in [0.15, 0.2) is 6.04 Å². The lowest BCUT2D eigenvalue weighted by Gasteiger charge is -2.29. The third-order valence-corrected chi connectivity index (χ3v) is 3.06. The summed E-state index contributed by atoms with van der Waals surface area (Å²) in [4.78, 5) is 25.5. The van der Waals surface area contributed by atoms with Crippen molar-refractivity contribution in [3.05, 3.63) is 0 Å². The van der Waals surface area contributed by atoms with Gasteiger partial charge in [0.05, 0.1) is 6.61 Å². The highest BCUT2D eigenvalue weighted by atomic mass is 16.5. The molecule has 1 amide bonds. The zero-order chi connectivity index (χ0) is 15.1. The second-order valence-electron chi connectivity index (χ2n) is 5.84. The molecule has 0 aliphatic carbocycles. The lowest BCUT2D eigenvalue weighted by atomic mass is 9.86. The number of hydrogen-bond acceptors (Lipinski definition) is 3. The summed E-state index contributed by atoms with van der Waals surface area (Å²) >= 11 is 0. The van der Waals surface area contributed by atoms with Crippen LogP contribution in [0.5, 0.6) is 0 Å². The van der Waals surface area contributed by atoms with E-state index in [1.165, 1.54) is 0 Å². The molecule has 5 nitrogen and oxygen atoms in total. The highest BCUT2D eigenvalue weighted by molar-refractivity contribution is 5.85. The number of hydrogen-bond donors (Lipinski definition) is 1. The van der Waals surface area contributed by atoms with E-state index in [0.717, 1.165) is 12.8 Å². The van der Waals surface area contributed by atoms with E-state index >= 15 is 0 Å². The van der Waals surface area contributed by atoms with E-state index in [2.05, 4.69) is 12.7 Å². The SMILES string of the molecule is CCCCN(CC(=O)OCC)C(=O)[C@@H]([NH3+])C(C)(C)C. The van der Waals surface area contributed by atoms with Gasteiger partial charge in [-0.15, -0.1) is 0 Å². The van der Waals surface area contributed by atoms with Crippen molar-refractivity contribution in [2.45, 2.75) is 53.5 Å². The summed E-state index contributed by atoms with van der Waals surface area (Å²) in [6, 6.07) is -0.362.